The largest absolute Gasteiger partial charge is 0.481 e. The van der Waals surface area contributed by atoms with Crippen LogP contribution >= 0.6 is 0 Å². The molecule has 34 heavy (non-hydrogen) atoms. The summed E-state index contributed by atoms with van der Waals surface area (Å²) < 4.78 is 0. The van der Waals surface area contributed by atoms with Crippen LogP contribution in [0.1, 0.15) is 168 Å². The molecule has 0 saturated carbocycles. The number of carboxylic acid groups (broad SMARTS) is 2. The number of aliphatic hydroxyl groups is 1. The van der Waals surface area contributed by atoms with Gasteiger partial charge in [0.25, 0.3) is 0 Å². The summed E-state index contributed by atoms with van der Waals surface area (Å²) in [6, 6.07) is 0. The predicted octanol–water partition coefficient (Wildman–Crippen LogP) is 8.91. The van der Waals surface area contributed by atoms with Gasteiger partial charge in [-0.2, -0.15) is 0 Å². The van der Waals surface area contributed by atoms with Crippen molar-refractivity contribution in [2.24, 2.45) is 0 Å². The zero-order valence-electron chi connectivity index (χ0n) is 22.7. The fraction of sp³-hybridized carbons (Fsp3) is 0.931. The highest BCUT2D eigenvalue weighted by Crippen LogP contribution is 2.14. The van der Waals surface area contributed by atoms with Gasteiger partial charge in [0, 0.05) is 12.8 Å². The van der Waals surface area contributed by atoms with Gasteiger partial charge in [0.1, 0.15) is 0 Å². The monoisotopic (exact) mass is 486 g/mol. The summed E-state index contributed by atoms with van der Waals surface area (Å²) in [6.07, 6.45) is 26.9. The first-order chi connectivity index (χ1) is 16.4. The molecule has 5 nitrogen and oxygen atoms in total. The topological polar surface area (TPSA) is 94.8 Å². The Kier molecular flexibility index (Phi) is 30.9. The highest BCUT2D eigenvalue weighted by atomic mass is 16.4. The molecule has 0 aromatic heterocycles. The van der Waals surface area contributed by atoms with E-state index in [1.165, 1.54) is 96.3 Å². The minimum Gasteiger partial charge on any atom is -0.481 e. The number of aliphatic hydroxyl groups excluding tert-OH is 1. The molecule has 3 N–H and O–H groups in total. The Morgan fingerprint density at radius 1 is 0.471 bits per heavy atom. The van der Waals surface area contributed by atoms with Gasteiger partial charge in [-0.1, -0.05) is 129 Å². The molecule has 1 atom stereocenters. The highest BCUT2D eigenvalue weighted by molar-refractivity contribution is 5.66. The number of carbonyl (C=O) groups is 2. The van der Waals surface area contributed by atoms with E-state index < -0.39 is 11.9 Å². The van der Waals surface area contributed by atoms with E-state index in [4.69, 9.17) is 10.2 Å². The lowest BCUT2D eigenvalue weighted by Gasteiger charge is -2.10. The molecule has 0 aromatic carbocycles. The van der Waals surface area contributed by atoms with Crippen molar-refractivity contribution in [1.29, 1.82) is 0 Å². The van der Waals surface area contributed by atoms with Gasteiger partial charge in [-0.05, 0) is 25.7 Å². The number of hydrogen-bond donors (Lipinski definition) is 3. The van der Waals surface area contributed by atoms with E-state index >= 15 is 0 Å². The molecule has 0 aliphatic rings. The van der Waals surface area contributed by atoms with Crippen LogP contribution in [0.3, 0.4) is 0 Å². The number of hydrogen-bond acceptors (Lipinski definition) is 3. The van der Waals surface area contributed by atoms with Crippen LogP contribution in [0.15, 0.2) is 0 Å². The predicted molar refractivity (Wildman–Crippen MR) is 143 cm³/mol. The highest BCUT2D eigenvalue weighted by Gasteiger charge is 2.03. The van der Waals surface area contributed by atoms with Crippen molar-refractivity contribution in [2.45, 2.75) is 174 Å². The van der Waals surface area contributed by atoms with Gasteiger partial charge < -0.3 is 15.3 Å². The van der Waals surface area contributed by atoms with Crippen molar-refractivity contribution in [3.8, 4) is 0 Å². The number of unbranched alkanes of at least 4 members (excludes halogenated alkanes) is 17. The third-order valence-corrected chi connectivity index (χ3v) is 6.31. The van der Waals surface area contributed by atoms with Crippen LogP contribution in [0.5, 0.6) is 0 Å². The summed E-state index contributed by atoms with van der Waals surface area (Å²) in [6.45, 7) is 4.53. The van der Waals surface area contributed by atoms with E-state index in [2.05, 4.69) is 13.8 Å². The maximum absolute atomic E-state index is 10.1. The van der Waals surface area contributed by atoms with Gasteiger partial charge in [-0.15, -0.1) is 0 Å². The van der Waals surface area contributed by atoms with E-state index in [0.717, 1.165) is 32.1 Å². The molecule has 0 rings (SSSR count). The Morgan fingerprint density at radius 3 is 1.03 bits per heavy atom. The smallest absolute Gasteiger partial charge is 0.303 e. The Labute approximate surface area is 211 Å². The molecule has 0 fully saturated rings. The molecule has 5 heteroatoms. The first-order valence-electron chi connectivity index (χ1n) is 14.6. The minimum absolute atomic E-state index is 0.0271. The van der Waals surface area contributed by atoms with Crippen LogP contribution in [0.2, 0.25) is 0 Å². The van der Waals surface area contributed by atoms with Crippen molar-refractivity contribution in [3.63, 3.8) is 0 Å². The van der Waals surface area contributed by atoms with Crippen LogP contribution in [0.25, 0.3) is 0 Å². The lowest BCUT2D eigenvalue weighted by Crippen LogP contribution is -2.05. The standard InChI is InChI=1S/C20H42O.C9H16O4/c1-3-5-7-9-11-12-13-15-17-19-20(21)18-16-14-10-8-6-4-2;10-8(11)6-4-2-1-3-5-7-9(12)13/h20-21H,3-19H2,1-2H3;1-7H2,(H,10,11)(H,12,13). The molecule has 0 saturated heterocycles. The Hall–Kier alpha value is -1.10. The average Bonchev–Trinajstić information content (AvgIpc) is 2.79. The van der Waals surface area contributed by atoms with E-state index in [1.807, 2.05) is 0 Å². The van der Waals surface area contributed by atoms with Crippen LogP contribution < -0.4 is 0 Å². The molecule has 1 unspecified atom stereocenters. The Bertz CT molecular complexity index is 407. The third kappa shape index (κ3) is 35.5. The fourth-order valence-electron chi connectivity index (χ4n) is 4.08. The lowest BCUT2D eigenvalue weighted by molar-refractivity contribution is -0.138. The molecule has 0 spiro atoms. The van der Waals surface area contributed by atoms with Crippen LogP contribution in [-0.2, 0) is 9.59 Å². The van der Waals surface area contributed by atoms with Gasteiger partial charge in [0.15, 0.2) is 0 Å². The SMILES string of the molecule is CCCCCCCCCCCC(O)CCCCCCCC.O=C(O)CCCCCCCC(=O)O. The molecular weight excluding hydrogens is 428 g/mol. The Morgan fingerprint density at radius 2 is 0.735 bits per heavy atom. The summed E-state index contributed by atoms with van der Waals surface area (Å²) in [5.74, 6) is -1.52. The minimum atomic E-state index is -0.759. The summed E-state index contributed by atoms with van der Waals surface area (Å²) in [7, 11) is 0. The van der Waals surface area contributed by atoms with E-state index in [9.17, 15) is 14.7 Å². The van der Waals surface area contributed by atoms with Crippen LogP contribution in [0, 0.1) is 0 Å². The summed E-state index contributed by atoms with van der Waals surface area (Å²) in [5.41, 5.74) is 0. The molecule has 0 bridgehead atoms. The normalized spacial score (nSPS) is 11.6. The van der Waals surface area contributed by atoms with Gasteiger partial charge in [-0.25, -0.2) is 0 Å². The molecule has 0 radical (unpaired) electrons. The van der Waals surface area contributed by atoms with E-state index in [0.29, 0.717) is 12.8 Å². The first-order valence-corrected chi connectivity index (χ1v) is 14.6. The van der Waals surface area contributed by atoms with E-state index in [1.54, 1.807) is 0 Å². The van der Waals surface area contributed by atoms with Crippen molar-refractivity contribution in [3.05, 3.63) is 0 Å². The maximum Gasteiger partial charge on any atom is 0.303 e. The average molecular weight is 487 g/mol. The second-order valence-corrected chi connectivity index (χ2v) is 9.88. The second kappa shape index (κ2) is 29.9. The molecular formula is C29H58O5. The fourth-order valence-corrected chi connectivity index (χ4v) is 4.08. The second-order valence-electron chi connectivity index (χ2n) is 9.88. The quantitative estimate of drug-likeness (QED) is 0.112. The molecule has 0 amide bonds. The van der Waals surface area contributed by atoms with Crippen molar-refractivity contribution in [1.82, 2.24) is 0 Å². The van der Waals surface area contributed by atoms with Gasteiger partial charge in [0.2, 0.25) is 0 Å². The van der Waals surface area contributed by atoms with Gasteiger partial charge >= 0.3 is 11.9 Å². The van der Waals surface area contributed by atoms with E-state index in [-0.39, 0.29) is 18.9 Å². The molecule has 0 aliphatic carbocycles. The molecule has 204 valence electrons. The zero-order chi connectivity index (χ0) is 25.7. The summed E-state index contributed by atoms with van der Waals surface area (Å²) in [4.78, 5) is 20.2. The van der Waals surface area contributed by atoms with Crippen molar-refractivity contribution >= 4 is 11.9 Å². The maximum atomic E-state index is 10.1. The summed E-state index contributed by atoms with van der Waals surface area (Å²) in [5, 5.41) is 26.6. The van der Waals surface area contributed by atoms with Gasteiger partial charge in [0.05, 0.1) is 6.10 Å². The lowest BCUT2D eigenvalue weighted by atomic mass is 10.0. The number of carboxylic acids is 2. The first kappa shape index (κ1) is 35.1. The van der Waals surface area contributed by atoms with Crippen molar-refractivity contribution in [2.75, 3.05) is 0 Å². The molecule has 0 aliphatic heterocycles. The van der Waals surface area contributed by atoms with Crippen molar-refractivity contribution < 1.29 is 24.9 Å². The number of rotatable bonds is 25. The number of aliphatic carboxylic acids is 2. The zero-order valence-corrected chi connectivity index (χ0v) is 22.7. The summed E-state index contributed by atoms with van der Waals surface area (Å²) >= 11 is 0. The Balaban J connectivity index is 0. The van der Waals surface area contributed by atoms with Crippen LogP contribution in [0.4, 0.5) is 0 Å². The third-order valence-electron chi connectivity index (χ3n) is 6.31. The van der Waals surface area contributed by atoms with Gasteiger partial charge in [-0.3, -0.25) is 9.59 Å². The molecule has 0 aromatic rings. The van der Waals surface area contributed by atoms with Crippen LogP contribution in [-0.4, -0.2) is 33.4 Å². The molecule has 0 heterocycles.